The highest BCUT2D eigenvalue weighted by molar-refractivity contribution is 5.83. The summed E-state index contributed by atoms with van der Waals surface area (Å²) in [5.74, 6) is 2.86. The third-order valence-electron chi connectivity index (χ3n) is 7.37. The van der Waals surface area contributed by atoms with Crippen molar-refractivity contribution in [2.24, 2.45) is 0 Å². The molecule has 0 unspecified atom stereocenters. The molecule has 1 N–H and O–H groups in total. The molecule has 3 aromatic heterocycles. The smallest absolute Gasteiger partial charge is 0.253 e. The van der Waals surface area contributed by atoms with E-state index in [4.69, 9.17) is 13.9 Å². The van der Waals surface area contributed by atoms with E-state index >= 15 is 0 Å². The molecule has 2 aliphatic rings. The zero-order valence-corrected chi connectivity index (χ0v) is 21.2. The second-order valence-corrected chi connectivity index (χ2v) is 9.82. The van der Waals surface area contributed by atoms with E-state index in [1.807, 2.05) is 60.7 Å². The van der Waals surface area contributed by atoms with Crippen LogP contribution in [0.1, 0.15) is 28.8 Å². The average molecular weight is 526 g/mol. The Balaban J connectivity index is 1.26. The molecule has 7 rings (SSSR count). The number of piperazine rings is 1. The van der Waals surface area contributed by atoms with Gasteiger partial charge in [-0.05, 0) is 40.3 Å². The number of aromatic nitrogens is 5. The van der Waals surface area contributed by atoms with Crippen LogP contribution in [0.15, 0.2) is 76.1 Å². The molecule has 0 radical (unpaired) electrons. The molecular weight excluding hydrogens is 498 g/mol. The maximum Gasteiger partial charge on any atom is 0.253 e. The molecule has 0 aliphatic carbocycles. The van der Waals surface area contributed by atoms with Gasteiger partial charge in [0, 0.05) is 43.2 Å². The highest BCUT2D eigenvalue weighted by atomic mass is 16.7. The fourth-order valence-corrected chi connectivity index (χ4v) is 5.39. The predicted molar refractivity (Wildman–Crippen MR) is 141 cm³/mol. The lowest BCUT2D eigenvalue weighted by Gasteiger charge is -2.38. The van der Waals surface area contributed by atoms with Crippen molar-refractivity contribution in [2.75, 3.05) is 33.0 Å². The minimum absolute atomic E-state index is 0.169. The van der Waals surface area contributed by atoms with E-state index in [0.717, 1.165) is 49.4 Å². The van der Waals surface area contributed by atoms with Crippen LogP contribution >= 0.6 is 0 Å². The lowest BCUT2D eigenvalue weighted by molar-refractivity contribution is 0.0952. The van der Waals surface area contributed by atoms with Crippen LogP contribution in [-0.2, 0) is 13.1 Å². The van der Waals surface area contributed by atoms with E-state index < -0.39 is 6.04 Å². The van der Waals surface area contributed by atoms with Gasteiger partial charge in [-0.1, -0.05) is 30.3 Å². The van der Waals surface area contributed by atoms with Gasteiger partial charge in [0.25, 0.3) is 5.56 Å². The van der Waals surface area contributed by atoms with Crippen LogP contribution in [0.2, 0.25) is 0 Å². The summed E-state index contributed by atoms with van der Waals surface area (Å²) in [5, 5.41) is 13.7. The first-order chi connectivity index (χ1) is 19.2. The molecular formula is C28H27N7O4. The van der Waals surface area contributed by atoms with Gasteiger partial charge < -0.3 is 18.9 Å². The molecule has 2 aliphatic heterocycles. The number of hydrogen-bond donors (Lipinski definition) is 1. The number of furan rings is 1. The standard InChI is InChI=1S/C28H27N7O4/c36-28-22(13-20-14-24-25(39-18-38-24)15-23(20)29-28)26(27-30-31-32-35(27)16-19-5-2-1-3-6-19)34-10-8-33(9-11-34)17-21-7-4-12-37-21/h1-7,12-15,26H,8-11,16-18H2,(H,29,36)/t26-/m1/s1. The number of fused-ring (bicyclic) bond motifs is 2. The second kappa shape index (κ2) is 10.0. The number of H-pyrrole nitrogens is 1. The van der Waals surface area contributed by atoms with Crippen LogP contribution in [0.25, 0.3) is 10.9 Å². The topological polar surface area (TPSA) is 115 Å². The van der Waals surface area contributed by atoms with Crippen molar-refractivity contribution in [2.45, 2.75) is 19.1 Å². The van der Waals surface area contributed by atoms with Gasteiger partial charge in [0.2, 0.25) is 6.79 Å². The van der Waals surface area contributed by atoms with Crippen molar-refractivity contribution < 1.29 is 13.9 Å². The van der Waals surface area contributed by atoms with Crippen molar-refractivity contribution in [3.63, 3.8) is 0 Å². The van der Waals surface area contributed by atoms with Crippen molar-refractivity contribution in [1.29, 1.82) is 0 Å². The minimum Gasteiger partial charge on any atom is -0.468 e. The van der Waals surface area contributed by atoms with E-state index in [2.05, 4.69) is 30.3 Å². The molecule has 0 saturated carbocycles. The maximum atomic E-state index is 13.6. The molecule has 1 fully saturated rings. The highest BCUT2D eigenvalue weighted by Crippen LogP contribution is 2.36. The maximum absolute atomic E-state index is 13.6. The fraction of sp³-hybridized carbons (Fsp3) is 0.286. The van der Waals surface area contributed by atoms with Crippen LogP contribution < -0.4 is 15.0 Å². The number of hydrogen-bond acceptors (Lipinski definition) is 9. The van der Waals surface area contributed by atoms with Crippen LogP contribution in [0.5, 0.6) is 11.5 Å². The Morgan fingerprint density at radius 1 is 0.923 bits per heavy atom. The molecule has 11 heteroatoms. The average Bonchev–Trinajstić information content (AvgIpc) is 3.73. The molecule has 39 heavy (non-hydrogen) atoms. The molecule has 5 heterocycles. The summed E-state index contributed by atoms with van der Waals surface area (Å²) in [4.78, 5) is 21.3. The largest absolute Gasteiger partial charge is 0.468 e. The van der Waals surface area contributed by atoms with E-state index in [1.54, 1.807) is 10.9 Å². The zero-order chi connectivity index (χ0) is 26.2. The summed E-state index contributed by atoms with van der Waals surface area (Å²) in [6, 6.07) is 19.2. The third-order valence-corrected chi connectivity index (χ3v) is 7.37. The summed E-state index contributed by atoms with van der Waals surface area (Å²) in [6.07, 6.45) is 1.70. The lowest BCUT2D eigenvalue weighted by Crippen LogP contribution is -2.48. The highest BCUT2D eigenvalue weighted by Gasteiger charge is 2.33. The Morgan fingerprint density at radius 3 is 2.54 bits per heavy atom. The summed E-state index contributed by atoms with van der Waals surface area (Å²) >= 11 is 0. The molecule has 198 valence electrons. The number of ether oxygens (including phenoxy) is 2. The number of rotatable bonds is 7. The first kappa shape index (κ1) is 23.6. The van der Waals surface area contributed by atoms with Crippen LogP contribution in [0.3, 0.4) is 0 Å². The third kappa shape index (κ3) is 4.66. The number of nitrogens with zero attached hydrogens (tertiary/aromatic N) is 6. The first-order valence-electron chi connectivity index (χ1n) is 13.0. The Kier molecular flexibility index (Phi) is 6.06. The van der Waals surface area contributed by atoms with Gasteiger partial charge in [-0.15, -0.1) is 5.10 Å². The monoisotopic (exact) mass is 525 g/mol. The molecule has 1 saturated heterocycles. The van der Waals surface area contributed by atoms with E-state index in [9.17, 15) is 4.79 Å². The SMILES string of the molecule is O=c1[nH]c2cc3c(cc2cc1[C@H](c1nnnn1Cc1ccccc1)N1CCN(Cc2ccco2)CC1)OCO3. The van der Waals surface area contributed by atoms with Crippen molar-refractivity contribution in [3.8, 4) is 11.5 Å². The number of benzene rings is 2. The van der Waals surface area contributed by atoms with Gasteiger partial charge in [0.1, 0.15) is 11.8 Å². The summed E-state index contributed by atoms with van der Waals surface area (Å²) in [7, 11) is 0. The molecule has 0 bridgehead atoms. The normalized spacial score (nSPS) is 16.6. The van der Waals surface area contributed by atoms with Gasteiger partial charge in [0.05, 0.1) is 24.9 Å². The number of tetrazole rings is 1. The van der Waals surface area contributed by atoms with Crippen molar-refractivity contribution >= 4 is 10.9 Å². The number of aromatic amines is 1. The Labute approximate surface area is 223 Å². The predicted octanol–water partition coefficient (Wildman–Crippen LogP) is 2.79. The van der Waals surface area contributed by atoms with Crippen LogP contribution in [0.4, 0.5) is 0 Å². The van der Waals surface area contributed by atoms with E-state index in [-0.39, 0.29) is 12.4 Å². The first-order valence-corrected chi connectivity index (χ1v) is 13.0. The van der Waals surface area contributed by atoms with Gasteiger partial charge in [-0.25, -0.2) is 4.68 Å². The van der Waals surface area contributed by atoms with E-state index in [0.29, 0.717) is 34.9 Å². The fourth-order valence-electron chi connectivity index (χ4n) is 5.39. The lowest BCUT2D eigenvalue weighted by atomic mass is 10.0. The van der Waals surface area contributed by atoms with E-state index in [1.165, 1.54) is 0 Å². The Morgan fingerprint density at radius 2 is 1.74 bits per heavy atom. The van der Waals surface area contributed by atoms with Gasteiger partial charge in [-0.3, -0.25) is 14.6 Å². The number of pyridine rings is 1. The summed E-state index contributed by atoms with van der Waals surface area (Å²) in [6.45, 7) is 4.54. The van der Waals surface area contributed by atoms with Crippen molar-refractivity contribution in [3.05, 3.63) is 100.0 Å². The molecule has 0 amide bonds. The quantitative estimate of drug-likeness (QED) is 0.343. The van der Waals surface area contributed by atoms with Gasteiger partial charge >= 0.3 is 0 Å². The zero-order valence-electron chi connectivity index (χ0n) is 21.2. The Hall–Kier alpha value is -4.48. The van der Waals surface area contributed by atoms with Gasteiger partial charge in [-0.2, -0.15) is 0 Å². The molecule has 0 spiro atoms. The molecule has 5 aromatic rings. The summed E-state index contributed by atoms with van der Waals surface area (Å²) < 4.78 is 18.4. The second-order valence-electron chi connectivity index (χ2n) is 9.82. The van der Waals surface area contributed by atoms with Gasteiger partial charge in [0.15, 0.2) is 17.3 Å². The number of nitrogens with one attached hydrogen (secondary N) is 1. The molecule has 2 aromatic carbocycles. The molecule has 1 atom stereocenters. The summed E-state index contributed by atoms with van der Waals surface area (Å²) in [5.41, 5.74) is 2.18. The van der Waals surface area contributed by atoms with Crippen molar-refractivity contribution in [1.82, 2.24) is 35.0 Å². The van der Waals surface area contributed by atoms with Crippen LogP contribution in [-0.4, -0.2) is 68.0 Å². The molecule has 11 nitrogen and oxygen atoms in total. The van der Waals surface area contributed by atoms with Crippen LogP contribution in [0, 0.1) is 0 Å². The minimum atomic E-state index is -0.437. The Bertz CT molecular complexity index is 1640.